The fourth-order valence-electron chi connectivity index (χ4n) is 3.26. The minimum Gasteiger partial charge on any atom is -0.294 e. The van der Waals surface area contributed by atoms with Crippen LogP contribution in [0.1, 0.15) is 22.3 Å². The first-order valence-electron chi connectivity index (χ1n) is 7.25. The molecule has 2 heteroatoms. The molecule has 1 unspecified atom stereocenters. The Morgan fingerprint density at radius 3 is 2.30 bits per heavy atom. The predicted octanol–water partition coefficient (Wildman–Crippen LogP) is 3.80. The summed E-state index contributed by atoms with van der Waals surface area (Å²) in [5.41, 5.74) is 2.69. The van der Waals surface area contributed by atoms with E-state index in [0.29, 0.717) is 17.7 Å². The Kier molecular flexibility index (Phi) is 3.34. The predicted molar refractivity (Wildman–Crippen MR) is 86.4 cm³/mol. The first kappa shape index (κ1) is 13.3. The quantitative estimate of drug-likeness (QED) is 0.765. The van der Waals surface area contributed by atoms with E-state index in [1.807, 2.05) is 18.2 Å². The Morgan fingerprint density at radius 1 is 0.900 bits per heavy atom. The molecule has 0 fully saturated rings. The van der Waals surface area contributed by atoms with Crippen LogP contribution in [0.4, 0.5) is 0 Å². The minimum atomic E-state index is -1.61. The molecule has 3 rings (SSSR count). The van der Waals surface area contributed by atoms with Gasteiger partial charge >= 0.3 is 0 Å². The highest BCUT2D eigenvalue weighted by Crippen LogP contribution is 2.36. The maximum absolute atomic E-state index is 12.4. The van der Waals surface area contributed by atoms with Crippen molar-refractivity contribution in [1.82, 2.24) is 0 Å². The van der Waals surface area contributed by atoms with Crippen molar-refractivity contribution in [2.75, 3.05) is 0 Å². The molecule has 0 aromatic heterocycles. The standard InChI is InChI=1S/C18H20OSi/c1-20(2,15-9-4-3-5-10-15)16-12-14-8-6-7-11-17(14)18(19)13-16/h3-11,16H,12-13H2,1-2H3. The minimum absolute atomic E-state index is 0.327. The summed E-state index contributed by atoms with van der Waals surface area (Å²) in [5.74, 6) is 0.327. The second-order valence-corrected chi connectivity index (χ2v) is 11.1. The molecular formula is C18H20OSi. The van der Waals surface area contributed by atoms with E-state index < -0.39 is 8.07 Å². The number of hydrogen-bond acceptors (Lipinski definition) is 1. The summed E-state index contributed by atoms with van der Waals surface area (Å²) in [6.45, 7) is 4.79. The van der Waals surface area contributed by atoms with Crippen molar-refractivity contribution in [2.45, 2.75) is 31.5 Å². The summed E-state index contributed by atoms with van der Waals surface area (Å²) < 4.78 is 0. The van der Waals surface area contributed by atoms with Crippen molar-refractivity contribution in [1.29, 1.82) is 0 Å². The molecular weight excluding hydrogens is 260 g/mol. The highest BCUT2D eigenvalue weighted by molar-refractivity contribution is 6.91. The van der Waals surface area contributed by atoms with Crippen LogP contribution in [0.15, 0.2) is 54.6 Å². The number of rotatable bonds is 2. The van der Waals surface area contributed by atoms with Gasteiger partial charge in [-0.3, -0.25) is 4.79 Å². The third kappa shape index (κ3) is 2.25. The van der Waals surface area contributed by atoms with Crippen molar-refractivity contribution in [2.24, 2.45) is 0 Å². The largest absolute Gasteiger partial charge is 0.294 e. The number of carbonyl (C=O) groups is 1. The maximum Gasteiger partial charge on any atom is 0.163 e. The monoisotopic (exact) mass is 280 g/mol. The summed E-state index contributed by atoms with van der Waals surface area (Å²) in [6.07, 6.45) is 1.77. The van der Waals surface area contributed by atoms with E-state index in [2.05, 4.69) is 49.5 Å². The first-order valence-corrected chi connectivity index (χ1v) is 10.3. The van der Waals surface area contributed by atoms with E-state index in [-0.39, 0.29) is 0 Å². The number of hydrogen-bond donors (Lipinski definition) is 0. The highest BCUT2D eigenvalue weighted by atomic mass is 28.3. The summed E-state index contributed by atoms with van der Waals surface area (Å²) >= 11 is 0. The van der Waals surface area contributed by atoms with E-state index in [0.717, 1.165) is 12.0 Å². The van der Waals surface area contributed by atoms with Crippen LogP contribution >= 0.6 is 0 Å². The molecule has 102 valence electrons. The molecule has 0 amide bonds. The third-order valence-electron chi connectivity index (χ3n) is 4.75. The Bertz CT molecular complexity index is 631. The van der Waals surface area contributed by atoms with Gasteiger partial charge in [-0.15, -0.1) is 0 Å². The summed E-state index contributed by atoms with van der Waals surface area (Å²) in [4.78, 5) is 12.4. The van der Waals surface area contributed by atoms with Crippen molar-refractivity contribution < 1.29 is 4.79 Å². The number of carbonyl (C=O) groups excluding carboxylic acids is 1. The summed E-state index contributed by atoms with van der Waals surface area (Å²) in [6, 6.07) is 18.9. The number of fused-ring (bicyclic) bond motifs is 1. The van der Waals surface area contributed by atoms with Crippen LogP contribution in [0.25, 0.3) is 0 Å². The van der Waals surface area contributed by atoms with Gasteiger partial charge in [0, 0.05) is 12.0 Å². The van der Waals surface area contributed by atoms with Gasteiger partial charge in [-0.05, 0) is 17.5 Å². The molecule has 0 bridgehead atoms. The number of benzene rings is 2. The van der Waals surface area contributed by atoms with Crippen LogP contribution in [0.5, 0.6) is 0 Å². The lowest BCUT2D eigenvalue weighted by molar-refractivity contribution is 0.0972. The van der Waals surface area contributed by atoms with Crippen LogP contribution < -0.4 is 5.19 Å². The molecule has 0 aliphatic heterocycles. The summed E-state index contributed by atoms with van der Waals surface area (Å²) in [5, 5.41) is 1.46. The molecule has 20 heavy (non-hydrogen) atoms. The smallest absolute Gasteiger partial charge is 0.163 e. The molecule has 1 aliphatic rings. The zero-order valence-corrected chi connectivity index (χ0v) is 13.1. The van der Waals surface area contributed by atoms with Crippen molar-refractivity contribution >= 4 is 19.0 Å². The lowest BCUT2D eigenvalue weighted by Gasteiger charge is -2.36. The Labute approximate surface area is 121 Å². The van der Waals surface area contributed by atoms with Crippen LogP contribution in [-0.4, -0.2) is 13.9 Å². The second kappa shape index (κ2) is 5.02. The van der Waals surface area contributed by atoms with Gasteiger partial charge in [-0.25, -0.2) is 0 Å². The highest BCUT2D eigenvalue weighted by Gasteiger charge is 2.38. The Balaban J connectivity index is 1.95. The maximum atomic E-state index is 12.4. The van der Waals surface area contributed by atoms with Crippen LogP contribution in [-0.2, 0) is 6.42 Å². The van der Waals surface area contributed by atoms with Gasteiger partial charge in [0.25, 0.3) is 0 Å². The van der Waals surface area contributed by atoms with Crippen LogP contribution in [0.2, 0.25) is 18.6 Å². The average Bonchev–Trinajstić information content (AvgIpc) is 2.48. The van der Waals surface area contributed by atoms with Gasteiger partial charge in [0.2, 0.25) is 0 Å². The van der Waals surface area contributed by atoms with Gasteiger partial charge in [0.15, 0.2) is 5.78 Å². The fraction of sp³-hybridized carbons (Fsp3) is 0.278. The molecule has 0 heterocycles. The van der Waals surface area contributed by atoms with Gasteiger partial charge < -0.3 is 0 Å². The van der Waals surface area contributed by atoms with Gasteiger partial charge in [-0.2, -0.15) is 0 Å². The SMILES string of the molecule is C[Si](C)(c1ccccc1)C1CC(=O)c2ccccc2C1. The topological polar surface area (TPSA) is 17.1 Å². The summed E-state index contributed by atoms with van der Waals surface area (Å²) in [7, 11) is -1.61. The van der Waals surface area contributed by atoms with E-state index in [4.69, 9.17) is 0 Å². The fourth-order valence-corrected chi connectivity index (χ4v) is 6.20. The molecule has 2 aromatic carbocycles. The number of ketones is 1. The van der Waals surface area contributed by atoms with E-state index >= 15 is 0 Å². The lowest BCUT2D eigenvalue weighted by Crippen LogP contribution is -2.48. The molecule has 0 spiro atoms. The van der Waals surface area contributed by atoms with Gasteiger partial charge in [0.05, 0.1) is 8.07 Å². The number of Topliss-reactive ketones (excluding diaryl/α,β-unsaturated/α-hetero) is 1. The molecule has 0 N–H and O–H groups in total. The van der Waals surface area contributed by atoms with Gasteiger partial charge in [-0.1, -0.05) is 72.9 Å². The van der Waals surface area contributed by atoms with Crippen molar-refractivity contribution in [3.63, 3.8) is 0 Å². The molecule has 1 atom stereocenters. The van der Waals surface area contributed by atoms with Gasteiger partial charge in [0.1, 0.15) is 0 Å². The van der Waals surface area contributed by atoms with Crippen molar-refractivity contribution in [3.8, 4) is 0 Å². The first-order chi connectivity index (χ1) is 9.59. The van der Waals surface area contributed by atoms with E-state index in [1.165, 1.54) is 10.8 Å². The molecule has 1 nitrogen and oxygen atoms in total. The molecule has 0 radical (unpaired) electrons. The van der Waals surface area contributed by atoms with E-state index in [1.54, 1.807) is 0 Å². The molecule has 1 aliphatic carbocycles. The molecule has 0 saturated carbocycles. The zero-order chi connectivity index (χ0) is 14.2. The zero-order valence-electron chi connectivity index (χ0n) is 12.1. The normalized spacial score (nSPS) is 18.7. The average molecular weight is 280 g/mol. The third-order valence-corrected chi connectivity index (χ3v) is 9.03. The molecule has 0 saturated heterocycles. The Morgan fingerprint density at radius 2 is 1.55 bits per heavy atom. The van der Waals surface area contributed by atoms with Crippen LogP contribution in [0.3, 0.4) is 0 Å². The Hall–Kier alpha value is -1.67. The second-order valence-electron chi connectivity index (χ2n) is 6.27. The molecule has 2 aromatic rings. The van der Waals surface area contributed by atoms with E-state index in [9.17, 15) is 4.79 Å². The van der Waals surface area contributed by atoms with Crippen molar-refractivity contribution in [3.05, 3.63) is 65.7 Å². The lowest BCUT2D eigenvalue weighted by atomic mass is 9.90. The van der Waals surface area contributed by atoms with Crippen LogP contribution in [0, 0.1) is 0 Å².